The van der Waals surface area contributed by atoms with Gasteiger partial charge in [-0.05, 0) is 55.3 Å². The molecule has 2 N–H and O–H groups in total. The lowest BCUT2D eigenvalue weighted by Crippen LogP contribution is -2.13. The van der Waals surface area contributed by atoms with Crippen LogP contribution in [0.3, 0.4) is 0 Å². The second kappa shape index (κ2) is 11.4. The van der Waals surface area contributed by atoms with Gasteiger partial charge in [-0.15, -0.1) is 10.2 Å². The van der Waals surface area contributed by atoms with Crippen LogP contribution in [0.5, 0.6) is 0 Å². The van der Waals surface area contributed by atoms with Crippen molar-refractivity contribution in [1.29, 1.82) is 0 Å². The quantitative estimate of drug-likeness (QED) is 0.322. The molecule has 0 spiro atoms. The number of methoxy groups -OCH3 is 1. The first-order valence-corrected chi connectivity index (χ1v) is 12.0. The van der Waals surface area contributed by atoms with Gasteiger partial charge in [0.15, 0.2) is 4.34 Å². The Bertz CT molecular complexity index is 977. The number of benzene rings is 2. The van der Waals surface area contributed by atoms with Crippen LogP contribution in [0.1, 0.15) is 11.1 Å². The third kappa shape index (κ3) is 7.02. The van der Waals surface area contributed by atoms with Crippen molar-refractivity contribution in [2.75, 3.05) is 36.6 Å². The number of hydrogen-bond acceptors (Lipinski definition) is 8. The average molecular weight is 461 g/mol. The maximum atomic E-state index is 12.2. The topological polar surface area (TPSA) is 76.1 Å². The summed E-state index contributed by atoms with van der Waals surface area (Å²) in [6.45, 7) is 5.49. The van der Waals surface area contributed by atoms with Gasteiger partial charge in [0.05, 0.1) is 12.4 Å². The molecular formula is C21H24N4O2S3. The van der Waals surface area contributed by atoms with Crippen molar-refractivity contribution in [3.05, 3.63) is 53.6 Å². The normalized spacial score (nSPS) is 10.8. The standard InChI is InChI=1S/C21H24N4O2S3/c1-14-4-5-15(2)18(12-14)29-17-8-6-16(7-9-17)23-19(26)13-28-21-25-24-20(30-21)22-10-11-27-3/h4-9,12H,10-11,13H2,1-3H3,(H,22,24)(H,23,26). The summed E-state index contributed by atoms with van der Waals surface area (Å²) < 4.78 is 5.74. The first-order chi connectivity index (χ1) is 14.5. The summed E-state index contributed by atoms with van der Waals surface area (Å²) in [7, 11) is 1.65. The highest BCUT2D eigenvalue weighted by Crippen LogP contribution is 2.31. The summed E-state index contributed by atoms with van der Waals surface area (Å²) in [5, 5.41) is 14.9. The van der Waals surface area contributed by atoms with Gasteiger partial charge in [-0.3, -0.25) is 4.79 Å². The molecule has 0 saturated carbocycles. The van der Waals surface area contributed by atoms with Crippen LogP contribution in [0, 0.1) is 13.8 Å². The van der Waals surface area contributed by atoms with E-state index < -0.39 is 0 Å². The van der Waals surface area contributed by atoms with Gasteiger partial charge >= 0.3 is 0 Å². The Balaban J connectivity index is 1.47. The summed E-state index contributed by atoms with van der Waals surface area (Å²) in [5.74, 6) is 0.213. The highest BCUT2D eigenvalue weighted by molar-refractivity contribution is 8.01. The molecule has 6 nitrogen and oxygen atoms in total. The summed E-state index contributed by atoms with van der Waals surface area (Å²) in [6.07, 6.45) is 0. The zero-order chi connectivity index (χ0) is 21.3. The summed E-state index contributed by atoms with van der Waals surface area (Å²) in [6, 6.07) is 14.4. The number of aromatic nitrogens is 2. The van der Waals surface area contributed by atoms with Gasteiger partial charge in [-0.2, -0.15) is 0 Å². The fourth-order valence-electron chi connectivity index (χ4n) is 2.47. The molecule has 1 amide bonds. The van der Waals surface area contributed by atoms with Crippen LogP contribution in [-0.2, 0) is 9.53 Å². The number of hydrogen-bond donors (Lipinski definition) is 2. The van der Waals surface area contributed by atoms with E-state index in [1.54, 1.807) is 18.9 Å². The Kier molecular flexibility index (Phi) is 8.56. The van der Waals surface area contributed by atoms with Gasteiger partial charge in [0, 0.05) is 29.1 Å². The van der Waals surface area contributed by atoms with Gasteiger partial charge < -0.3 is 15.4 Å². The van der Waals surface area contributed by atoms with E-state index in [0.717, 1.165) is 20.1 Å². The first kappa shape index (κ1) is 22.6. The maximum absolute atomic E-state index is 12.2. The van der Waals surface area contributed by atoms with Crippen LogP contribution in [-0.4, -0.2) is 42.1 Å². The zero-order valence-electron chi connectivity index (χ0n) is 17.1. The van der Waals surface area contributed by atoms with Crippen LogP contribution in [0.25, 0.3) is 0 Å². The summed E-state index contributed by atoms with van der Waals surface area (Å²) >= 11 is 4.53. The van der Waals surface area contributed by atoms with Crippen LogP contribution in [0.4, 0.5) is 10.8 Å². The molecule has 3 aromatic rings. The van der Waals surface area contributed by atoms with Crippen molar-refractivity contribution in [1.82, 2.24) is 10.2 Å². The Morgan fingerprint density at radius 1 is 1.13 bits per heavy atom. The Hall–Kier alpha value is -2.07. The predicted octanol–water partition coefficient (Wildman–Crippen LogP) is 5.10. The number of rotatable bonds is 10. The van der Waals surface area contributed by atoms with Crippen molar-refractivity contribution in [3.8, 4) is 0 Å². The van der Waals surface area contributed by atoms with Crippen molar-refractivity contribution < 1.29 is 9.53 Å². The van der Waals surface area contributed by atoms with E-state index in [0.29, 0.717) is 13.2 Å². The van der Waals surface area contributed by atoms with E-state index in [1.165, 1.54) is 39.1 Å². The summed E-state index contributed by atoms with van der Waals surface area (Å²) in [5.41, 5.74) is 3.29. The van der Waals surface area contributed by atoms with E-state index in [1.807, 2.05) is 24.3 Å². The smallest absolute Gasteiger partial charge is 0.234 e. The fourth-order valence-corrected chi connectivity index (χ4v) is 5.05. The van der Waals surface area contributed by atoms with Gasteiger partial charge in [0.2, 0.25) is 11.0 Å². The number of ether oxygens (including phenoxy) is 1. The minimum absolute atomic E-state index is 0.0703. The molecule has 158 valence electrons. The summed E-state index contributed by atoms with van der Waals surface area (Å²) in [4.78, 5) is 14.6. The zero-order valence-corrected chi connectivity index (χ0v) is 19.5. The SMILES string of the molecule is COCCNc1nnc(SCC(=O)Nc2ccc(Sc3cc(C)ccc3C)cc2)s1. The molecule has 0 aliphatic heterocycles. The lowest BCUT2D eigenvalue weighted by molar-refractivity contribution is -0.113. The minimum Gasteiger partial charge on any atom is -0.383 e. The third-order valence-electron chi connectivity index (χ3n) is 4.03. The highest BCUT2D eigenvalue weighted by atomic mass is 32.2. The average Bonchev–Trinajstić information content (AvgIpc) is 3.19. The van der Waals surface area contributed by atoms with Gasteiger partial charge in [-0.25, -0.2) is 0 Å². The number of amides is 1. The van der Waals surface area contributed by atoms with Crippen molar-refractivity contribution in [2.24, 2.45) is 0 Å². The number of aryl methyl sites for hydroxylation is 2. The van der Waals surface area contributed by atoms with Crippen LogP contribution in [0.2, 0.25) is 0 Å². The van der Waals surface area contributed by atoms with Crippen LogP contribution < -0.4 is 10.6 Å². The molecule has 3 rings (SSSR count). The molecule has 0 unspecified atom stereocenters. The third-order valence-corrected chi connectivity index (χ3v) is 7.21. The largest absolute Gasteiger partial charge is 0.383 e. The number of thioether (sulfide) groups is 1. The van der Waals surface area contributed by atoms with Crippen LogP contribution in [0.15, 0.2) is 56.6 Å². The molecule has 0 bridgehead atoms. The van der Waals surface area contributed by atoms with Gasteiger partial charge in [-0.1, -0.05) is 47.0 Å². The number of carbonyl (C=O) groups is 1. The molecule has 9 heteroatoms. The lowest BCUT2D eigenvalue weighted by atomic mass is 10.2. The van der Waals surface area contributed by atoms with E-state index in [9.17, 15) is 4.79 Å². The molecule has 0 atom stereocenters. The minimum atomic E-state index is -0.0703. The maximum Gasteiger partial charge on any atom is 0.234 e. The fraction of sp³-hybridized carbons (Fsp3) is 0.286. The number of anilines is 2. The molecule has 0 aliphatic carbocycles. The second-order valence-corrected chi connectivity index (χ2v) is 9.84. The van der Waals surface area contributed by atoms with E-state index >= 15 is 0 Å². The molecular weight excluding hydrogens is 436 g/mol. The second-order valence-electron chi connectivity index (χ2n) is 6.52. The van der Waals surface area contributed by atoms with Crippen molar-refractivity contribution in [2.45, 2.75) is 28.0 Å². The van der Waals surface area contributed by atoms with Gasteiger partial charge in [0.1, 0.15) is 0 Å². The van der Waals surface area contributed by atoms with Crippen molar-refractivity contribution in [3.63, 3.8) is 0 Å². The molecule has 0 fully saturated rings. The van der Waals surface area contributed by atoms with Gasteiger partial charge in [0.25, 0.3) is 0 Å². The van der Waals surface area contributed by atoms with Crippen LogP contribution >= 0.6 is 34.9 Å². The number of carbonyl (C=O) groups excluding carboxylic acids is 1. The van der Waals surface area contributed by atoms with Crippen molar-refractivity contribution >= 4 is 51.6 Å². The molecule has 0 saturated heterocycles. The monoisotopic (exact) mass is 460 g/mol. The number of nitrogens with one attached hydrogen (secondary N) is 2. The van der Waals surface area contributed by atoms with E-state index in [4.69, 9.17) is 4.74 Å². The first-order valence-electron chi connectivity index (χ1n) is 9.37. The molecule has 2 aromatic carbocycles. The predicted molar refractivity (Wildman–Crippen MR) is 126 cm³/mol. The molecule has 1 heterocycles. The molecule has 1 aromatic heterocycles. The van der Waals surface area contributed by atoms with E-state index in [-0.39, 0.29) is 11.7 Å². The molecule has 0 aliphatic rings. The Morgan fingerprint density at radius 2 is 1.93 bits per heavy atom. The Labute approximate surface area is 189 Å². The molecule has 0 radical (unpaired) electrons. The Morgan fingerprint density at radius 3 is 2.70 bits per heavy atom. The number of nitrogens with zero attached hydrogens (tertiary/aromatic N) is 2. The lowest BCUT2D eigenvalue weighted by Gasteiger charge is -2.08. The highest BCUT2D eigenvalue weighted by Gasteiger charge is 2.09. The van der Waals surface area contributed by atoms with E-state index in [2.05, 4.69) is 52.9 Å². The molecule has 30 heavy (non-hydrogen) atoms.